The number of fused-ring (bicyclic) bond motifs is 1. The van der Waals surface area contributed by atoms with E-state index in [-0.39, 0.29) is 11.8 Å². The van der Waals surface area contributed by atoms with Crippen molar-refractivity contribution in [3.63, 3.8) is 0 Å². The van der Waals surface area contributed by atoms with Crippen molar-refractivity contribution in [1.29, 1.82) is 0 Å². The molecule has 0 fully saturated rings. The molecule has 0 saturated heterocycles. The molecule has 0 spiro atoms. The number of amides is 1. The molecule has 5 nitrogen and oxygen atoms in total. The van der Waals surface area contributed by atoms with Gasteiger partial charge in [-0.1, -0.05) is 30.3 Å². The number of nitrogens with zero attached hydrogens (tertiary/aromatic N) is 2. The number of carbonyl (C=O) groups is 1. The minimum atomic E-state index is -1.07. The summed E-state index contributed by atoms with van der Waals surface area (Å²) in [6.07, 6.45) is -0.452. The van der Waals surface area contributed by atoms with Crippen molar-refractivity contribution in [3.8, 4) is 5.75 Å². The molecule has 1 N–H and O–H groups in total. The van der Waals surface area contributed by atoms with Gasteiger partial charge in [0, 0.05) is 24.7 Å². The fraction of sp³-hybridized carbons (Fsp3) is 0.381. The maximum Gasteiger partial charge on any atom is 0.256 e. The SMILES string of the molecule is COc1ccc(C2Cc3ccccc3N(CCN(C)C)C(=O)C2O)cc1. The summed E-state index contributed by atoms with van der Waals surface area (Å²) in [7, 11) is 5.58. The predicted molar refractivity (Wildman–Crippen MR) is 103 cm³/mol. The van der Waals surface area contributed by atoms with Crippen LogP contribution in [0.4, 0.5) is 5.69 Å². The fourth-order valence-corrected chi connectivity index (χ4v) is 3.43. The van der Waals surface area contributed by atoms with Gasteiger partial charge in [-0.15, -0.1) is 0 Å². The molecular weight excluding hydrogens is 328 g/mol. The number of likely N-dealkylation sites (N-methyl/N-ethyl adjacent to an activating group) is 1. The summed E-state index contributed by atoms with van der Waals surface area (Å²) < 4.78 is 5.21. The lowest BCUT2D eigenvalue weighted by molar-refractivity contribution is -0.127. The van der Waals surface area contributed by atoms with E-state index in [1.54, 1.807) is 12.0 Å². The molecule has 0 saturated carbocycles. The van der Waals surface area contributed by atoms with Crippen molar-refractivity contribution >= 4 is 11.6 Å². The first-order valence-electron chi connectivity index (χ1n) is 8.87. The van der Waals surface area contributed by atoms with E-state index in [0.29, 0.717) is 13.0 Å². The third-order valence-electron chi connectivity index (χ3n) is 4.94. The van der Waals surface area contributed by atoms with Crippen LogP contribution in [0.5, 0.6) is 5.75 Å². The number of anilines is 1. The van der Waals surface area contributed by atoms with Gasteiger partial charge in [0.1, 0.15) is 11.9 Å². The van der Waals surface area contributed by atoms with Gasteiger partial charge in [-0.2, -0.15) is 0 Å². The molecular formula is C21H26N2O3. The summed E-state index contributed by atoms with van der Waals surface area (Å²) in [6, 6.07) is 15.5. The zero-order chi connectivity index (χ0) is 18.7. The molecule has 1 heterocycles. The second kappa shape index (κ2) is 7.89. The molecule has 5 heteroatoms. The second-order valence-electron chi connectivity index (χ2n) is 6.95. The van der Waals surface area contributed by atoms with Crippen LogP contribution in [0.15, 0.2) is 48.5 Å². The normalized spacial score (nSPS) is 20.0. The van der Waals surface area contributed by atoms with E-state index in [4.69, 9.17) is 4.74 Å². The fourth-order valence-electron chi connectivity index (χ4n) is 3.43. The Morgan fingerprint density at radius 1 is 1.15 bits per heavy atom. The number of hydrogen-bond acceptors (Lipinski definition) is 4. The Morgan fingerprint density at radius 2 is 1.85 bits per heavy atom. The molecule has 3 rings (SSSR count). The van der Waals surface area contributed by atoms with Crippen LogP contribution in [0, 0.1) is 0 Å². The first-order chi connectivity index (χ1) is 12.5. The second-order valence-corrected chi connectivity index (χ2v) is 6.95. The molecule has 1 aliphatic rings. The molecule has 2 aromatic rings. The van der Waals surface area contributed by atoms with Crippen LogP contribution in [-0.4, -0.2) is 56.3 Å². The van der Waals surface area contributed by atoms with Gasteiger partial charge < -0.3 is 19.6 Å². The first-order valence-corrected chi connectivity index (χ1v) is 8.87. The molecule has 2 atom stereocenters. The van der Waals surface area contributed by atoms with Gasteiger partial charge in [-0.25, -0.2) is 0 Å². The van der Waals surface area contributed by atoms with Crippen LogP contribution in [0.25, 0.3) is 0 Å². The average Bonchev–Trinajstić information content (AvgIpc) is 2.76. The number of hydrogen-bond donors (Lipinski definition) is 1. The van der Waals surface area contributed by atoms with Gasteiger partial charge in [0.2, 0.25) is 0 Å². The Labute approximate surface area is 154 Å². The number of rotatable bonds is 5. The van der Waals surface area contributed by atoms with Gasteiger partial charge in [0.25, 0.3) is 5.91 Å². The highest BCUT2D eigenvalue weighted by Gasteiger charge is 2.36. The summed E-state index contributed by atoms with van der Waals surface area (Å²) in [5.41, 5.74) is 2.92. The predicted octanol–water partition coefficient (Wildman–Crippen LogP) is 2.29. The van der Waals surface area contributed by atoms with Crippen LogP contribution >= 0.6 is 0 Å². The van der Waals surface area contributed by atoms with E-state index in [1.807, 2.05) is 67.5 Å². The number of methoxy groups -OCH3 is 1. The average molecular weight is 354 g/mol. The van der Waals surface area contributed by atoms with Crippen LogP contribution in [0.2, 0.25) is 0 Å². The maximum absolute atomic E-state index is 13.1. The number of aliphatic hydroxyl groups excluding tert-OH is 1. The third kappa shape index (κ3) is 3.74. The van der Waals surface area contributed by atoms with E-state index in [1.165, 1.54) is 0 Å². The molecule has 1 aliphatic heterocycles. The van der Waals surface area contributed by atoms with Crippen LogP contribution in [-0.2, 0) is 11.2 Å². The highest BCUT2D eigenvalue weighted by molar-refractivity contribution is 5.98. The van der Waals surface area contributed by atoms with E-state index in [9.17, 15) is 9.90 Å². The third-order valence-corrected chi connectivity index (χ3v) is 4.94. The zero-order valence-corrected chi connectivity index (χ0v) is 15.6. The van der Waals surface area contributed by atoms with Gasteiger partial charge in [0.05, 0.1) is 7.11 Å². The summed E-state index contributed by atoms with van der Waals surface area (Å²) in [5, 5.41) is 10.9. The van der Waals surface area contributed by atoms with Crippen molar-refractivity contribution in [2.45, 2.75) is 18.4 Å². The Hall–Kier alpha value is -2.37. The molecule has 0 aromatic heterocycles. The molecule has 2 aromatic carbocycles. The first kappa shape index (κ1) is 18.4. The number of aliphatic hydroxyl groups is 1. The largest absolute Gasteiger partial charge is 0.497 e. The number of carbonyl (C=O) groups excluding carboxylic acids is 1. The van der Waals surface area contributed by atoms with Crippen LogP contribution in [0.1, 0.15) is 17.0 Å². The quantitative estimate of drug-likeness (QED) is 0.895. The Morgan fingerprint density at radius 3 is 2.50 bits per heavy atom. The smallest absolute Gasteiger partial charge is 0.256 e. The maximum atomic E-state index is 13.1. The number of para-hydroxylation sites is 1. The van der Waals surface area contributed by atoms with E-state index < -0.39 is 6.10 Å². The van der Waals surface area contributed by atoms with Gasteiger partial charge in [0.15, 0.2) is 0 Å². The summed E-state index contributed by atoms with van der Waals surface area (Å²) in [6.45, 7) is 1.29. The topological polar surface area (TPSA) is 53.0 Å². The van der Waals surface area contributed by atoms with Gasteiger partial charge in [-0.3, -0.25) is 4.79 Å². The highest BCUT2D eigenvalue weighted by atomic mass is 16.5. The molecule has 0 radical (unpaired) electrons. The molecule has 2 unspecified atom stereocenters. The summed E-state index contributed by atoms with van der Waals surface area (Å²) in [5.74, 6) is 0.243. The highest BCUT2D eigenvalue weighted by Crippen LogP contribution is 2.35. The number of ether oxygens (including phenoxy) is 1. The summed E-state index contributed by atoms with van der Waals surface area (Å²) >= 11 is 0. The zero-order valence-electron chi connectivity index (χ0n) is 15.6. The lowest BCUT2D eigenvalue weighted by Gasteiger charge is -2.26. The lowest BCUT2D eigenvalue weighted by Crippen LogP contribution is -2.43. The molecule has 1 amide bonds. The molecule has 138 valence electrons. The standard InChI is InChI=1S/C21H26N2O3/c1-22(2)12-13-23-19-7-5-4-6-16(19)14-18(20(24)21(23)25)15-8-10-17(26-3)11-9-15/h4-11,18,20,24H,12-14H2,1-3H3. The van der Waals surface area contributed by atoms with Crippen molar-refractivity contribution in [2.24, 2.45) is 0 Å². The Bertz CT molecular complexity index is 758. The summed E-state index contributed by atoms with van der Waals surface area (Å²) in [4.78, 5) is 16.8. The molecule has 0 aliphatic carbocycles. The molecule has 0 bridgehead atoms. The van der Waals surface area contributed by atoms with Crippen molar-refractivity contribution in [3.05, 3.63) is 59.7 Å². The van der Waals surface area contributed by atoms with Gasteiger partial charge >= 0.3 is 0 Å². The van der Waals surface area contributed by atoms with Crippen molar-refractivity contribution < 1.29 is 14.6 Å². The Balaban J connectivity index is 1.97. The monoisotopic (exact) mass is 354 g/mol. The molecule has 26 heavy (non-hydrogen) atoms. The van der Waals surface area contributed by atoms with Crippen molar-refractivity contribution in [2.75, 3.05) is 39.2 Å². The number of benzene rings is 2. The van der Waals surface area contributed by atoms with E-state index in [2.05, 4.69) is 0 Å². The van der Waals surface area contributed by atoms with Gasteiger partial charge in [-0.05, 0) is 49.8 Å². The minimum absolute atomic E-state index is 0.238. The van der Waals surface area contributed by atoms with Crippen LogP contribution < -0.4 is 9.64 Å². The Kier molecular flexibility index (Phi) is 5.59. The van der Waals surface area contributed by atoms with E-state index in [0.717, 1.165) is 29.1 Å². The minimum Gasteiger partial charge on any atom is -0.497 e. The van der Waals surface area contributed by atoms with Crippen LogP contribution in [0.3, 0.4) is 0 Å². The van der Waals surface area contributed by atoms with Crippen molar-refractivity contribution in [1.82, 2.24) is 4.90 Å². The van der Waals surface area contributed by atoms with E-state index >= 15 is 0 Å². The lowest BCUT2D eigenvalue weighted by atomic mass is 9.88.